The first kappa shape index (κ1) is 21.8. The Bertz CT molecular complexity index is 906. The molecule has 0 radical (unpaired) electrons. The molecular weight excluding hydrogens is 384 g/mol. The molecule has 3 fully saturated rings. The van der Waals surface area contributed by atoms with Gasteiger partial charge in [-0.25, -0.2) is 0 Å². The quantitative estimate of drug-likeness (QED) is 0.341. The summed E-state index contributed by atoms with van der Waals surface area (Å²) >= 11 is 0. The zero-order valence-corrected chi connectivity index (χ0v) is 19.0. The topological polar surface area (TPSA) is 55.8 Å². The lowest BCUT2D eigenvalue weighted by molar-refractivity contribution is -0.103. The van der Waals surface area contributed by atoms with Crippen LogP contribution in [0.2, 0.25) is 0 Å². The number of nitrogens with one attached hydrogen (secondary N) is 2. The van der Waals surface area contributed by atoms with E-state index in [0.717, 1.165) is 29.5 Å². The fourth-order valence-electron chi connectivity index (χ4n) is 5.82. The standard InChI is InChI=1S/C23H32N6.C2H4/c1-24-22(27-26-21-7-3-5-17-13-25-9-8-20(17)21)18-6-4-10-29(14-18)19-11-23(12-19)15-28(2)16-23;1-2/h3,5,7-9,13,18-19,26H,4,6,10-12,14-16H2,1-2H3,(H,24,27);1-2H2. The van der Waals surface area contributed by atoms with Crippen molar-refractivity contribution in [2.75, 3.05) is 45.7 Å². The predicted molar refractivity (Wildman–Crippen MR) is 130 cm³/mol. The summed E-state index contributed by atoms with van der Waals surface area (Å²) in [5.41, 5.74) is 8.56. The number of aromatic nitrogens is 1. The van der Waals surface area contributed by atoms with Crippen molar-refractivity contribution in [1.82, 2.24) is 20.2 Å². The number of fused-ring (bicyclic) bond motifs is 1. The van der Waals surface area contributed by atoms with Gasteiger partial charge in [-0.2, -0.15) is 0 Å². The van der Waals surface area contributed by atoms with Gasteiger partial charge in [0.15, 0.2) is 0 Å². The predicted octanol–water partition coefficient (Wildman–Crippen LogP) is 3.79. The molecule has 1 saturated carbocycles. The number of benzene rings is 1. The molecule has 2 N–H and O–H groups in total. The molecule has 2 saturated heterocycles. The van der Waals surface area contributed by atoms with Gasteiger partial charge in [-0.15, -0.1) is 13.2 Å². The molecular formula is C25H36N6. The second-order valence-electron chi connectivity index (χ2n) is 9.33. The number of hydrogen-bond acceptors (Lipinski definition) is 5. The molecule has 2 aliphatic heterocycles. The number of rotatable bonds is 4. The molecule has 1 spiro atoms. The lowest BCUT2D eigenvalue weighted by Gasteiger charge is -2.61. The van der Waals surface area contributed by atoms with Crippen molar-refractivity contribution in [2.45, 2.75) is 31.7 Å². The second-order valence-corrected chi connectivity index (χ2v) is 9.33. The Kier molecular flexibility index (Phi) is 6.58. The van der Waals surface area contributed by atoms with Crippen LogP contribution in [0.3, 0.4) is 0 Å². The molecule has 5 rings (SSSR count). The van der Waals surface area contributed by atoms with Crippen molar-refractivity contribution >= 4 is 22.3 Å². The summed E-state index contributed by atoms with van der Waals surface area (Å²) in [5.74, 6) is 1.54. The lowest BCUT2D eigenvalue weighted by atomic mass is 9.60. The molecule has 3 heterocycles. The third kappa shape index (κ3) is 4.46. The third-order valence-electron chi connectivity index (χ3n) is 7.15. The number of aliphatic imine (C=N–C) groups is 1. The maximum absolute atomic E-state index is 4.61. The highest BCUT2D eigenvalue weighted by Crippen LogP contribution is 2.50. The highest BCUT2D eigenvalue weighted by Gasteiger charge is 2.52. The van der Waals surface area contributed by atoms with E-state index >= 15 is 0 Å². The van der Waals surface area contributed by atoms with Crippen LogP contribution in [-0.4, -0.2) is 66.9 Å². The summed E-state index contributed by atoms with van der Waals surface area (Å²) in [5, 5.41) is 2.31. The van der Waals surface area contributed by atoms with E-state index in [1.807, 2.05) is 19.4 Å². The zero-order chi connectivity index (χ0) is 21.8. The van der Waals surface area contributed by atoms with E-state index in [0.29, 0.717) is 11.3 Å². The van der Waals surface area contributed by atoms with Crippen LogP contribution in [-0.2, 0) is 0 Å². The molecule has 31 heavy (non-hydrogen) atoms. The van der Waals surface area contributed by atoms with Gasteiger partial charge in [0.1, 0.15) is 5.84 Å². The van der Waals surface area contributed by atoms with Gasteiger partial charge in [-0.3, -0.25) is 25.7 Å². The largest absolute Gasteiger partial charge is 0.305 e. The fraction of sp³-hybridized carbons (Fsp3) is 0.520. The minimum absolute atomic E-state index is 0.471. The van der Waals surface area contributed by atoms with Crippen LogP contribution in [0.25, 0.3) is 10.8 Å². The molecule has 1 aliphatic carbocycles. The monoisotopic (exact) mass is 420 g/mol. The van der Waals surface area contributed by atoms with E-state index in [1.165, 1.54) is 50.7 Å². The molecule has 1 atom stereocenters. The minimum Gasteiger partial charge on any atom is -0.305 e. The highest BCUT2D eigenvalue weighted by molar-refractivity contribution is 5.94. The number of nitrogens with zero attached hydrogens (tertiary/aromatic N) is 4. The molecule has 0 amide bonds. The van der Waals surface area contributed by atoms with Crippen molar-refractivity contribution in [2.24, 2.45) is 16.3 Å². The summed E-state index contributed by atoms with van der Waals surface area (Å²) in [6, 6.07) is 9.08. The van der Waals surface area contributed by atoms with Gasteiger partial charge in [-0.05, 0) is 56.8 Å². The summed E-state index contributed by atoms with van der Waals surface area (Å²) in [6.07, 6.45) is 8.98. The van der Waals surface area contributed by atoms with Crippen LogP contribution in [0.4, 0.5) is 5.69 Å². The van der Waals surface area contributed by atoms with Gasteiger partial charge in [0, 0.05) is 61.8 Å². The molecule has 1 unspecified atom stereocenters. The van der Waals surface area contributed by atoms with Gasteiger partial charge < -0.3 is 4.90 Å². The van der Waals surface area contributed by atoms with Crippen LogP contribution < -0.4 is 10.9 Å². The van der Waals surface area contributed by atoms with E-state index in [2.05, 4.69) is 75.1 Å². The molecule has 3 aliphatic rings. The van der Waals surface area contributed by atoms with E-state index in [4.69, 9.17) is 0 Å². The van der Waals surface area contributed by atoms with Crippen molar-refractivity contribution in [3.63, 3.8) is 0 Å². The summed E-state index contributed by atoms with van der Waals surface area (Å²) < 4.78 is 0. The Hall–Kier alpha value is -2.44. The Balaban J connectivity index is 0.00000112. The maximum Gasteiger partial charge on any atom is 0.119 e. The van der Waals surface area contributed by atoms with Gasteiger partial charge in [0.25, 0.3) is 0 Å². The van der Waals surface area contributed by atoms with Crippen molar-refractivity contribution in [1.29, 1.82) is 0 Å². The van der Waals surface area contributed by atoms with Crippen LogP contribution in [0, 0.1) is 11.3 Å². The Morgan fingerprint density at radius 2 is 2.03 bits per heavy atom. The Morgan fingerprint density at radius 1 is 1.23 bits per heavy atom. The van der Waals surface area contributed by atoms with Crippen LogP contribution in [0.1, 0.15) is 25.7 Å². The normalized spacial score (nSPS) is 24.1. The van der Waals surface area contributed by atoms with E-state index in [1.54, 1.807) is 0 Å². The first-order chi connectivity index (χ1) is 15.2. The SMILES string of the molecule is C=C.CN=C(NNc1cccc2cnccc12)C1CCCN(C2CC3(C2)CN(C)C3)C1. The molecule has 0 bridgehead atoms. The molecule has 166 valence electrons. The number of anilines is 1. The number of hydrogen-bond donors (Lipinski definition) is 2. The van der Waals surface area contributed by atoms with Gasteiger partial charge >= 0.3 is 0 Å². The van der Waals surface area contributed by atoms with E-state index in [9.17, 15) is 0 Å². The van der Waals surface area contributed by atoms with Crippen LogP contribution in [0.15, 0.2) is 54.8 Å². The number of pyridine rings is 1. The second kappa shape index (κ2) is 9.37. The fourth-order valence-corrected chi connectivity index (χ4v) is 5.82. The van der Waals surface area contributed by atoms with E-state index in [-0.39, 0.29) is 0 Å². The molecule has 2 aromatic rings. The first-order valence-corrected chi connectivity index (χ1v) is 11.4. The summed E-state index contributed by atoms with van der Waals surface area (Å²) in [7, 11) is 4.14. The smallest absolute Gasteiger partial charge is 0.119 e. The average molecular weight is 421 g/mol. The van der Waals surface area contributed by atoms with Crippen LogP contribution >= 0.6 is 0 Å². The molecule has 1 aromatic carbocycles. The first-order valence-electron chi connectivity index (χ1n) is 11.4. The number of piperidine rings is 1. The number of likely N-dealkylation sites (tertiary alicyclic amines) is 2. The van der Waals surface area contributed by atoms with Crippen molar-refractivity contribution in [3.8, 4) is 0 Å². The average Bonchev–Trinajstić information content (AvgIpc) is 2.77. The highest BCUT2D eigenvalue weighted by atomic mass is 15.4. The van der Waals surface area contributed by atoms with Gasteiger partial charge in [-0.1, -0.05) is 12.1 Å². The third-order valence-corrected chi connectivity index (χ3v) is 7.15. The van der Waals surface area contributed by atoms with Crippen molar-refractivity contribution < 1.29 is 0 Å². The Morgan fingerprint density at radius 3 is 2.77 bits per heavy atom. The minimum atomic E-state index is 0.471. The molecule has 1 aromatic heterocycles. The van der Waals surface area contributed by atoms with Gasteiger partial charge in [0.2, 0.25) is 0 Å². The lowest BCUT2D eigenvalue weighted by Crippen LogP contribution is -2.66. The summed E-state index contributed by atoms with van der Waals surface area (Å²) in [6.45, 7) is 11.0. The van der Waals surface area contributed by atoms with Crippen molar-refractivity contribution in [3.05, 3.63) is 49.8 Å². The van der Waals surface area contributed by atoms with Gasteiger partial charge in [0.05, 0.1) is 5.69 Å². The number of hydrazine groups is 1. The summed E-state index contributed by atoms with van der Waals surface area (Å²) in [4.78, 5) is 14.0. The Labute approximate surface area is 186 Å². The zero-order valence-electron chi connectivity index (χ0n) is 19.0. The molecule has 6 nitrogen and oxygen atoms in total. The van der Waals surface area contributed by atoms with Crippen LogP contribution in [0.5, 0.6) is 0 Å². The molecule has 6 heteroatoms. The maximum atomic E-state index is 4.61. The number of amidine groups is 1. The van der Waals surface area contributed by atoms with E-state index < -0.39 is 0 Å².